The molecule has 1 aromatic rings. The fourth-order valence-electron chi connectivity index (χ4n) is 1.19. The van der Waals surface area contributed by atoms with Crippen molar-refractivity contribution in [1.29, 1.82) is 0 Å². The minimum absolute atomic E-state index is 0.220. The molecule has 0 aliphatic carbocycles. The Morgan fingerprint density at radius 3 is 1.85 bits per heavy atom. The molecule has 0 spiro atoms. The first-order valence-corrected chi connectivity index (χ1v) is 5.02. The van der Waals surface area contributed by atoms with Gasteiger partial charge in [-0.3, -0.25) is 0 Å². The number of carboxylic acids is 1. The Morgan fingerprint density at radius 2 is 1.50 bits per heavy atom. The third kappa shape index (κ3) is 3.90. The van der Waals surface area contributed by atoms with Crippen molar-refractivity contribution in [3.63, 3.8) is 0 Å². The number of rotatable bonds is 4. The molecular formula is C11H7F5O4. The normalized spacial score (nSPS) is 13.1. The van der Waals surface area contributed by atoms with Crippen LogP contribution in [0.4, 0.5) is 22.0 Å². The fraction of sp³-hybridized carbons (Fsp3) is 0.273. The van der Waals surface area contributed by atoms with E-state index in [0.29, 0.717) is 0 Å². The molecule has 0 fully saturated rings. The fourth-order valence-corrected chi connectivity index (χ4v) is 1.19. The van der Waals surface area contributed by atoms with E-state index >= 15 is 0 Å². The van der Waals surface area contributed by atoms with E-state index in [2.05, 4.69) is 4.74 Å². The third-order valence-corrected chi connectivity index (χ3v) is 2.15. The Balaban J connectivity index is 2.87. The molecule has 1 atom stereocenters. The predicted octanol–water partition coefficient (Wildman–Crippen LogP) is 2.74. The van der Waals surface area contributed by atoms with Crippen molar-refractivity contribution in [2.75, 3.05) is 0 Å². The highest BCUT2D eigenvalue weighted by molar-refractivity contribution is 5.92. The molecule has 1 rings (SSSR count). The van der Waals surface area contributed by atoms with Crippen LogP contribution in [0.25, 0.3) is 0 Å². The van der Waals surface area contributed by atoms with E-state index in [-0.39, 0.29) is 5.56 Å². The molecule has 110 valence electrons. The van der Waals surface area contributed by atoms with Crippen LogP contribution in [0.1, 0.15) is 20.7 Å². The molecule has 0 saturated carbocycles. The number of aromatic carboxylic acids is 1. The molecule has 0 heterocycles. The largest absolute Gasteiger partial charge is 0.478 e. The van der Waals surface area contributed by atoms with Gasteiger partial charge >= 0.3 is 18.1 Å². The van der Waals surface area contributed by atoms with Crippen LogP contribution in [0.2, 0.25) is 0 Å². The molecule has 20 heavy (non-hydrogen) atoms. The third-order valence-electron chi connectivity index (χ3n) is 2.15. The van der Waals surface area contributed by atoms with Gasteiger partial charge in [0.1, 0.15) is 0 Å². The molecule has 1 aromatic carbocycles. The van der Waals surface area contributed by atoms with Crippen LogP contribution in [-0.2, 0) is 4.74 Å². The standard InChI is InChI=1S/C11H7F5O4/c12-8(13)7(11(14,15)16)20-10(19)6-3-1-5(2-4-6)9(17)18/h1-4,7-8H,(H,17,18). The molecule has 0 aromatic heterocycles. The van der Waals surface area contributed by atoms with Gasteiger partial charge in [-0.05, 0) is 24.3 Å². The van der Waals surface area contributed by atoms with Crippen LogP contribution < -0.4 is 0 Å². The summed E-state index contributed by atoms with van der Waals surface area (Å²) in [5, 5.41) is 8.58. The van der Waals surface area contributed by atoms with E-state index in [1.807, 2.05) is 0 Å². The zero-order chi connectivity index (χ0) is 15.5. The van der Waals surface area contributed by atoms with Crippen molar-refractivity contribution in [1.82, 2.24) is 0 Å². The second-order valence-corrected chi connectivity index (χ2v) is 3.58. The molecule has 9 heteroatoms. The van der Waals surface area contributed by atoms with Crippen molar-refractivity contribution >= 4 is 11.9 Å². The van der Waals surface area contributed by atoms with Gasteiger partial charge in [-0.15, -0.1) is 0 Å². The van der Waals surface area contributed by atoms with E-state index in [1.165, 1.54) is 0 Å². The van der Waals surface area contributed by atoms with Crippen LogP contribution in [0.15, 0.2) is 24.3 Å². The number of carboxylic acid groups (broad SMARTS) is 1. The predicted molar refractivity (Wildman–Crippen MR) is 54.7 cm³/mol. The molecule has 0 bridgehead atoms. The number of esters is 1. The number of hydrogen-bond donors (Lipinski definition) is 1. The lowest BCUT2D eigenvalue weighted by Crippen LogP contribution is -2.39. The van der Waals surface area contributed by atoms with Crippen molar-refractivity contribution in [2.45, 2.75) is 18.7 Å². The summed E-state index contributed by atoms with van der Waals surface area (Å²) in [4.78, 5) is 21.8. The van der Waals surface area contributed by atoms with Gasteiger partial charge in [0.15, 0.2) is 0 Å². The molecule has 0 aliphatic rings. The van der Waals surface area contributed by atoms with Gasteiger partial charge in [0.25, 0.3) is 12.5 Å². The molecule has 4 nitrogen and oxygen atoms in total. The first kappa shape index (κ1) is 15.9. The highest BCUT2D eigenvalue weighted by atomic mass is 19.4. The molecule has 1 unspecified atom stereocenters. The number of benzene rings is 1. The summed E-state index contributed by atoms with van der Waals surface area (Å²) in [6.07, 6.45) is -12.9. The topological polar surface area (TPSA) is 63.6 Å². The number of alkyl halides is 5. The number of carbonyl (C=O) groups is 2. The SMILES string of the molecule is O=C(O)c1ccc(C(=O)OC(C(F)F)C(F)(F)F)cc1. The molecule has 0 saturated heterocycles. The van der Waals surface area contributed by atoms with E-state index in [9.17, 15) is 31.5 Å². The number of carbonyl (C=O) groups excluding carboxylic acids is 1. The van der Waals surface area contributed by atoms with Gasteiger partial charge in [0, 0.05) is 0 Å². The molecule has 0 radical (unpaired) electrons. The van der Waals surface area contributed by atoms with Gasteiger partial charge in [-0.2, -0.15) is 13.2 Å². The van der Waals surface area contributed by atoms with Gasteiger partial charge in [0.05, 0.1) is 11.1 Å². The van der Waals surface area contributed by atoms with Gasteiger partial charge in [-0.25, -0.2) is 18.4 Å². The van der Waals surface area contributed by atoms with Crippen LogP contribution in [-0.4, -0.2) is 35.8 Å². The summed E-state index contributed by atoms with van der Waals surface area (Å²) in [6.45, 7) is 0. The number of hydrogen-bond acceptors (Lipinski definition) is 3. The lowest BCUT2D eigenvalue weighted by Gasteiger charge is -2.19. The summed E-state index contributed by atoms with van der Waals surface area (Å²) in [5.41, 5.74) is -0.687. The average molecular weight is 298 g/mol. The lowest BCUT2D eigenvalue weighted by atomic mass is 10.1. The second kappa shape index (κ2) is 5.85. The Bertz CT molecular complexity index is 495. The maximum atomic E-state index is 12.2. The summed E-state index contributed by atoms with van der Waals surface area (Å²) in [7, 11) is 0. The molecule has 0 amide bonds. The average Bonchev–Trinajstić information content (AvgIpc) is 2.33. The monoisotopic (exact) mass is 298 g/mol. The molecule has 0 aliphatic heterocycles. The Morgan fingerprint density at radius 1 is 1.05 bits per heavy atom. The lowest BCUT2D eigenvalue weighted by molar-refractivity contribution is -0.236. The summed E-state index contributed by atoms with van der Waals surface area (Å²) in [6, 6.07) is 3.60. The number of halogens is 5. The summed E-state index contributed by atoms with van der Waals surface area (Å²) in [5.74, 6) is -2.93. The van der Waals surface area contributed by atoms with Crippen molar-refractivity contribution in [3.8, 4) is 0 Å². The molecular weight excluding hydrogens is 291 g/mol. The number of ether oxygens (including phenoxy) is 1. The first-order valence-electron chi connectivity index (χ1n) is 5.02. The van der Waals surface area contributed by atoms with Gasteiger partial charge in [0.2, 0.25) is 0 Å². The highest BCUT2D eigenvalue weighted by Crippen LogP contribution is 2.28. The Kier molecular flexibility index (Phi) is 4.64. The minimum Gasteiger partial charge on any atom is -0.478 e. The highest BCUT2D eigenvalue weighted by Gasteiger charge is 2.49. The minimum atomic E-state index is -5.40. The van der Waals surface area contributed by atoms with E-state index in [4.69, 9.17) is 5.11 Å². The first-order chi connectivity index (χ1) is 9.12. The van der Waals surface area contributed by atoms with Crippen LogP contribution in [0, 0.1) is 0 Å². The maximum Gasteiger partial charge on any atom is 0.431 e. The van der Waals surface area contributed by atoms with E-state index in [0.717, 1.165) is 24.3 Å². The Hall–Kier alpha value is -2.19. The summed E-state index contributed by atoms with van der Waals surface area (Å²) < 4.78 is 64.6. The zero-order valence-electron chi connectivity index (χ0n) is 9.53. The summed E-state index contributed by atoms with van der Waals surface area (Å²) >= 11 is 0. The van der Waals surface area contributed by atoms with Gasteiger partial charge in [-0.1, -0.05) is 0 Å². The van der Waals surface area contributed by atoms with Crippen molar-refractivity contribution < 1.29 is 41.4 Å². The van der Waals surface area contributed by atoms with E-state index < -0.39 is 36.2 Å². The maximum absolute atomic E-state index is 12.2. The molecule has 1 N–H and O–H groups in total. The van der Waals surface area contributed by atoms with Crippen LogP contribution >= 0.6 is 0 Å². The van der Waals surface area contributed by atoms with E-state index in [1.54, 1.807) is 0 Å². The smallest absolute Gasteiger partial charge is 0.431 e. The quantitative estimate of drug-likeness (QED) is 0.685. The zero-order valence-corrected chi connectivity index (χ0v) is 9.53. The second-order valence-electron chi connectivity index (χ2n) is 3.58. The van der Waals surface area contributed by atoms with Gasteiger partial charge < -0.3 is 9.84 Å². The van der Waals surface area contributed by atoms with Crippen molar-refractivity contribution in [2.24, 2.45) is 0 Å². The van der Waals surface area contributed by atoms with Crippen LogP contribution in [0.5, 0.6) is 0 Å². The van der Waals surface area contributed by atoms with Crippen molar-refractivity contribution in [3.05, 3.63) is 35.4 Å². The Labute approximate surface area is 108 Å². The van der Waals surface area contributed by atoms with Crippen LogP contribution in [0.3, 0.4) is 0 Å².